The Morgan fingerprint density at radius 3 is 2.00 bits per heavy atom. The van der Waals surface area contributed by atoms with Crippen LogP contribution in [0.15, 0.2) is 24.7 Å². The molecule has 23 heavy (non-hydrogen) atoms. The van der Waals surface area contributed by atoms with E-state index in [-0.39, 0.29) is 22.8 Å². The van der Waals surface area contributed by atoms with Crippen molar-refractivity contribution in [2.24, 2.45) is 0 Å². The lowest BCUT2D eigenvalue weighted by Gasteiger charge is -2.12. The van der Waals surface area contributed by atoms with E-state index in [1.54, 1.807) is 0 Å². The first-order valence-corrected chi connectivity index (χ1v) is 6.03. The zero-order valence-corrected chi connectivity index (χ0v) is 12.0. The molecular formula is C12H10N4O7. The predicted molar refractivity (Wildman–Crippen MR) is 75.0 cm³/mol. The summed E-state index contributed by atoms with van der Waals surface area (Å²) < 4.78 is 10.3. The van der Waals surface area contributed by atoms with Gasteiger partial charge in [0.2, 0.25) is 17.2 Å². The Kier molecular flexibility index (Phi) is 4.21. The van der Waals surface area contributed by atoms with E-state index in [0.29, 0.717) is 10.8 Å². The molecule has 1 heterocycles. The first-order chi connectivity index (χ1) is 10.9. The maximum absolute atomic E-state index is 11.9. The fourth-order valence-corrected chi connectivity index (χ4v) is 2.06. The number of benzene rings is 1. The Labute approximate surface area is 128 Å². The minimum atomic E-state index is -0.847. The van der Waals surface area contributed by atoms with Crippen LogP contribution in [0.4, 0.5) is 11.4 Å². The van der Waals surface area contributed by atoms with E-state index in [1.165, 1.54) is 6.20 Å². The number of hydrogen-bond acceptors (Lipinski definition) is 8. The van der Waals surface area contributed by atoms with Crippen molar-refractivity contribution in [3.63, 3.8) is 0 Å². The molecule has 2 rings (SSSR count). The maximum Gasteiger partial charge on any atom is 0.318 e. The maximum atomic E-state index is 11.9. The fraction of sp³-hybridized carbons (Fsp3) is 0.167. The van der Waals surface area contributed by atoms with E-state index < -0.39 is 21.2 Å². The van der Waals surface area contributed by atoms with E-state index in [4.69, 9.17) is 9.47 Å². The molecule has 0 fully saturated rings. The summed E-state index contributed by atoms with van der Waals surface area (Å²) in [4.78, 5) is 24.4. The number of rotatable bonds is 5. The van der Waals surface area contributed by atoms with Gasteiger partial charge < -0.3 is 14.7 Å². The van der Waals surface area contributed by atoms with Crippen molar-refractivity contribution < 1.29 is 24.1 Å². The lowest BCUT2D eigenvalue weighted by Crippen LogP contribution is -2.29. The summed E-state index contributed by atoms with van der Waals surface area (Å²) in [6, 6.07) is 0.715. The molecule has 0 aliphatic carbocycles. The summed E-state index contributed by atoms with van der Waals surface area (Å²) in [6.07, 6.45) is 3.33. The molecule has 0 spiro atoms. The van der Waals surface area contributed by atoms with Crippen LogP contribution in [0.5, 0.6) is 11.5 Å². The molecule has 0 radical (unpaired) electrons. The number of methoxy groups -OCH3 is 2. The minimum absolute atomic E-state index is 0.187. The quantitative estimate of drug-likeness (QED) is 0.345. The highest BCUT2D eigenvalue weighted by Gasteiger charge is 2.35. The van der Waals surface area contributed by atoms with E-state index in [9.17, 15) is 25.4 Å². The average Bonchev–Trinajstić information content (AvgIpc) is 2.52. The Hall–Kier alpha value is -3.50. The molecule has 0 bridgehead atoms. The molecule has 1 aromatic carbocycles. The molecule has 11 nitrogen and oxygen atoms in total. The number of ether oxygens (including phenoxy) is 2. The topological polar surface area (TPSA) is 145 Å². The van der Waals surface area contributed by atoms with E-state index in [1.807, 2.05) is 0 Å². The van der Waals surface area contributed by atoms with Gasteiger partial charge in [-0.15, -0.1) is 0 Å². The number of aromatic nitrogens is 2. The predicted octanol–water partition coefficient (Wildman–Crippen LogP) is 1.22. The van der Waals surface area contributed by atoms with Crippen LogP contribution in [0.25, 0.3) is 11.3 Å². The van der Waals surface area contributed by atoms with Crippen LogP contribution in [-0.4, -0.2) is 29.1 Å². The van der Waals surface area contributed by atoms with Crippen molar-refractivity contribution in [2.75, 3.05) is 14.2 Å². The summed E-state index contributed by atoms with van der Waals surface area (Å²) >= 11 is 0. The third-order valence-electron chi connectivity index (χ3n) is 2.97. The molecule has 0 atom stereocenters. The highest BCUT2D eigenvalue weighted by atomic mass is 16.6. The van der Waals surface area contributed by atoms with Crippen LogP contribution in [0, 0.1) is 25.4 Å². The molecule has 0 saturated carbocycles. The standard InChI is InChI=1S/C12H10N4O7/c1-22-11-7(15(18)19)5-8(16(20)21)12(23-2)10(11)9-6-13-3-4-14(9)17/h3-6H,1-2H3. The summed E-state index contributed by atoms with van der Waals surface area (Å²) in [5.74, 6) is -0.676. The first kappa shape index (κ1) is 15.9. The Morgan fingerprint density at radius 2 is 1.61 bits per heavy atom. The van der Waals surface area contributed by atoms with E-state index >= 15 is 0 Å². The van der Waals surface area contributed by atoms with Crippen molar-refractivity contribution in [1.29, 1.82) is 0 Å². The van der Waals surface area contributed by atoms with Crippen LogP contribution in [0.3, 0.4) is 0 Å². The van der Waals surface area contributed by atoms with Gasteiger partial charge in [0, 0.05) is 0 Å². The summed E-state index contributed by atoms with van der Waals surface area (Å²) in [7, 11) is 2.28. The second-order valence-corrected chi connectivity index (χ2v) is 4.16. The molecular weight excluding hydrogens is 312 g/mol. The monoisotopic (exact) mass is 322 g/mol. The van der Waals surface area contributed by atoms with Gasteiger partial charge in [-0.3, -0.25) is 25.2 Å². The SMILES string of the molecule is COc1c([N+](=O)[O-])cc([N+](=O)[O-])c(OC)c1-c1cncc[n+]1[O-]. The Bertz CT molecular complexity index is 753. The van der Waals surface area contributed by atoms with Crippen molar-refractivity contribution in [1.82, 2.24) is 4.98 Å². The molecule has 0 saturated heterocycles. The lowest BCUT2D eigenvalue weighted by atomic mass is 10.1. The van der Waals surface area contributed by atoms with Crippen molar-refractivity contribution in [3.8, 4) is 22.8 Å². The molecule has 0 N–H and O–H groups in total. The second kappa shape index (κ2) is 6.09. The van der Waals surface area contributed by atoms with Gasteiger partial charge >= 0.3 is 11.4 Å². The average molecular weight is 322 g/mol. The van der Waals surface area contributed by atoms with Crippen LogP contribution < -0.4 is 14.2 Å². The van der Waals surface area contributed by atoms with Crippen molar-refractivity contribution >= 4 is 11.4 Å². The second-order valence-electron chi connectivity index (χ2n) is 4.16. The normalized spacial score (nSPS) is 10.2. The number of nitro groups is 2. The molecule has 11 heteroatoms. The molecule has 0 aliphatic rings. The molecule has 0 amide bonds. The first-order valence-electron chi connectivity index (χ1n) is 6.03. The van der Waals surface area contributed by atoms with E-state index in [0.717, 1.165) is 26.6 Å². The zero-order chi connectivity index (χ0) is 17.1. The van der Waals surface area contributed by atoms with Gasteiger partial charge in [-0.1, -0.05) is 0 Å². The van der Waals surface area contributed by atoms with Crippen molar-refractivity contribution in [3.05, 3.63) is 50.1 Å². The van der Waals surface area contributed by atoms with Crippen molar-refractivity contribution in [2.45, 2.75) is 0 Å². The van der Waals surface area contributed by atoms with Gasteiger partial charge in [-0.2, -0.15) is 4.73 Å². The molecule has 0 unspecified atom stereocenters. The number of hydrogen-bond donors (Lipinski definition) is 0. The van der Waals surface area contributed by atoms with Crippen LogP contribution in [-0.2, 0) is 0 Å². The van der Waals surface area contributed by atoms with Crippen LogP contribution in [0.2, 0.25) is 0 Å². The van der Waals surface area contributed by atoms with Gasteiger partial charge in [0.1, 0.15) is 17.8 Å². The summed E-state index contributed by atoms with van der Waals surface area (Å²) in [5, 5.41) is 34.3. The fourth-order valence-electron chi connectivity index (χ4n) is 2.06. The lowest BCUT2D eigenvalue weighted by molar-refractivity contribution is -0.594. The van der Waals surface area contributed by atoms with Gasteiger partial charge in [0.25, 0.3) is 0 Å². The highest BCUT2D eigenvalue weighted by Crippen LogP contribution is 2.48. The van der Waals surface area contributed by atoms with Gasteiger partial charge in [0.15, 0.2) is 6.20 Å². The Balaban J connectivity index is 2.99. The number of nitrogens with zero attached hydrogens (tertiary/aromatic N) is 4. The Morgan fingerprint density at radius 1 is 1.09 bits per heavy atom. The smallest absolute Gasteiger partial charge is 0.318 e. The molecule has 2 aromatic rings. The third kappa shape index (κ3) is 2.66. The zero-order valence-electron chi connectivity index (χ0n) is 12.0. The third-order valence-corrected chi connectivity index (χ3v) is 2.97. The van der Waals surface area contributed by atoms with E-state index in [2.05, 4.69) is 4.98 Å². The largest absolute Gasteiger partial charge is 0.618 e. The molecule has 120 valence electrons. The van der Waals surface area contributed by atoms with Gasteiger partial charge in [-0.25, -0.2) is 0 Å². The minimum Gasteiger partial charge on any atom is -0.618 e. The van der Waals surface area contributed by atoms with Crippen LogP contribution in [0.1, 0.15) is 0 Å². The van der Waals surface area contributed by atoms with Crippen LogP contribution >= 0.6 is 0 Å². The summed E-state index contributed by atoms with van der Waals surface area (Å²) in [5.41, 5.74) is -1.75. The number of nitro benzene ring substituents is 2. The van der Waals surface area contributed by atoms with Gasteiger partial charge in [0.05, 0.1) is 30.3 Å². The highest BCUT2D eigenvalue weighted by molar-refractivity contribution is 5.83. The summed E-state index contributed by atoms with van der Waals surface area (Å²) in [6.45, 7) is 0. The van der Waals surface area contributed by atoms with Gasteiger partial charge in [-0.05, 0) is 0 Å². The molecule has 0 aliphatic heterocycles. The molecule has 1 aromatic heterocycles.